The number of aliphatic hydroxyl groups excluding tert-OH is 1. The highest BCUT2D eigenvalue weighted by atomic mass is 16.5. The lowest BCUT2D eigenvalue weighted by Gasteiger charge is -2.23. The van der Waals surface area contributed by atoms with Crippen molar-refractivity contribution < 1.29 is 14.3 Å². The van der Waals surface area contributed by atoms with Gasteiger partial charge >= 0.3 is 0 Å². The van der Waals surface area contributed by atoms with Crippen LogP contribution < -0.4 is 0 Å². The minimum atomic E-state index is 0.231. The van der Waals surface area contributed by atoms with Gasteiger partial charge in [-0.25, -0.2) is 0 Å². The molecule has 0 aromatic rings. The van der Waals surface area contributed by atoms with E-state index in [1.54, 1.807) is 0 Å². The van der Waals surface area contributed by atoms with Gasteiger partial charge in [-0.15, -0.1) is 0 Å². The number of hydrogen-bond acceptors (Lipinski definition) is 2. The average molecular weight is 176 g/mol. The van der Waals surface area contributed by atoms with Crippen molar-refractivity contribution in [2.45, 2.75) is 12.8 Å². The van der Waals surface area contributed by atoms with Gasteiger partial charge in [0.25, 0.3) is 0 Å². The quantitative estimate of drug-likeness (QED) is 0.451. The molecule has 0 unspecified atom stereocenters. The predicted molar refractivity (Wildman–Crippen MR) is 50.0 cm³/mol. The summed E-state index contributed by atoms with van der Waals surface area (Å²) >= 11 is 0. The summed E-state index contributed by atoms with van der Waals surface area (Å²) in [7, 11) is 6.52. The van der Waals surface area contributed by atoms with Crippen LogP contribution in [0.15, 0.2) is 0 Å². The van der Waals surface area contributed by atoms with Gasteiger partial charge in [-0.1, -0.05) is 0 Å². The van der Waals surface area contributed by atoms with Crippen molar-refractivity contribution in [3.63, 3.8) is 0 Å². The van der Waals surface area contributed by atoms with Crippen molar-refractivity contribution in [3.05, 3.63) is 0 Å². The zero-order valence-electron chi connectivity index (χ0n) is 8.55. The smallest absolute Gasteiger partial charge is 0.0802 e. The van der Waals surface area contributed by atoms with Crippen molar-refractivity contribution in [2.75, 3.05) is 47.5 Å². The Bertz CT molecular complexity index is 99.2. The van der Waals surface area contributed by atoms with Gasteiger partial charge in [0.05, 0.1) is 34.3 Å². The van der Waals surface area contributed by atoms with Gasteiger partial charge < -0.3 is 14.3 Å². The lowest BCUT2D eigenvalue weighted by molar-refractivity contribution is -0.870. The van der Waals surface area contributed by atoms with Crippen LogP contribution in [0.4, 0.5) is 0 Å². The van der Waals surface area contributed by atoms with Gasteiger partial charge in [-0.3, -0.25) is 0 Å². The topological polar surface area (TPSA) is 29.5 Å². The first-order valence-corrected chi connectivity index (χ1v) is 4.55. The molecule has 0 aromatic carbocycles. The molecular formula is C9H22NO2+. The van der Waals surface area contributed by atoms with Crippen LogP contribution in [0.3, 0.4) is 0 Å². The van der Waals surface area contributed by atoms with Crippen LogP contribution in [0.25, 0.3) is 0 Å². The minimum Gasteiger partial charge on any atom is -0.396 e. The molecule has 0 aliphatic rings. The monoisotopic (exact) mass is 176 g/mol. The molecule has 12 heavy (non-hydrogen) atoms. The fraction of sp³-hybridized carbons (Fsp3) is 1.00. The van der Waals surface area contributed by atoms with Crippen LogP contribution in [0.1, 0.15) is 12.8 Å². The van der Waals surface area contributed by atoms with Gasteiger partial charge in [0, 0.05) is 19.6 Å². The first-order chi connectivity index (χ1) is 5.56. The van der Waals surface area contributed by atoms with Crippen molar-refractivity contribution in [1.82, 2.24) is 0 Å². The van der Waals surface area contributed by atoms with Crippen LogP contribution >= 0.6 is 0 Å². The Hall–Kier alpha value is -0.120. The SMILES string of the molecule is C[N+](C)(C)CCCOCCCO. The lowest BCUT2D eigenvalue weighted by Crippen LogP contribution is -2.35. The molecule has 0 atom stereocenters. The molecule has 0 aromatic heterocycles. The molecule has 0 saturated heterocycles. The molecule has 0 fully saturated rings. The molecule has 1 N–H and O–H groups in total. The van der Waals surface area contributed by atoms with Crippen LogP contribution in [0.5, 0.6) is 0 Å². The Balaban J connectivity index is 3.01. The van der Waals surface area contributed by atoms with E-state index in [4.69, 9.17) is 9.84 Å². The lowest BCUT2D eigenvalue weighted by atomic mass is 10.4. The van der Waals surface area contributed by atoms with Gasteiger partial charge in [0.1, 0.15) is 0 Å². The molecule has 0 aliphatic heterocycles. The van der Waals surface area contributed by atoms with Crippen LogP contribution in [-0.2, 0) is 4.74 Å². The Morgan fingerprint density at radius 1 is 1.08 bits per heavy atom. The van der Waals surface area contributed by atoms with E-state index in [2.05, 4.69) is 21.1 Å². The standard InChI is InChI=1S/C9H22NO2/c1-10(2,3)6-4-8-12-9-5-7-11/h11H,4-9H2,1-3H3/q+1. The predicted octanol–water partition coefficient (Wildman–Crippen LogP) is 0.482. The van der Waals surface area contributed by atoms with Crippen LogP contribution in [0.2, 0.25) is 0 Å². The fourth-order valence-corrected chi connectivity index (χ4v) is 0.910. The second kappa shape index (κ2) is 6.40. The highest BCUT2D eigenvalue weighted by Gasteiger charge is 2.04. The van der Waals surface area contributed by atoms with E-state index in [-0.39, 0.29) is 6.61 Å². The first kappa shape index (κ1) is 11.9. The third-order valence-corrected chi connectivity index (χ3v) is 1.56. The number of rotatable bonds is 7. The van der Waals surface area contributed by atoms with E-state index >= 15 is 0 Å². The summed E-state index contributed by atoms with van der Waals surface area (Å²) in [4.78, 5) is 0. The van der Waals surface area contributed by atoms with Crippen molar-refractivity contribution in [1.29, 1.82) is 0 Å². The van der Waals surface area contributed by atoms with Crippen molar-refractivity contribution >= 4 is 0 Å². The summed E-state index contributed by atoms with van der Waals surface area (Å²) < 4.78 is 6.29. The van der Waals surface area contributed by atoms with E-state index < -0.39 is 0 Å². The maximum absolute atomic E-state index is 8.47. The summed E-state index contributed by atoms with van der Waals surface area (Å²) in [5, 5.41) is 8.47. The summed E-state index contributed by atoms with van der Waals surface area (Å²) in [5.41, 5.74) is 0. The number of ether oxygens (including phenoxy) is 1. The Morgan fingerprint density at radius 2 is 1.67 bits per heavy atom. The Kier molecular flexibility index (Phi) is 6.34. The average Bonchev–Trinajstić information content (AvgIpc) is 1.94. The van der Waals surface area contributed by atoms with Gasteiger partial charge in [-0.2, -0.15) is 0 Å². The molecule has 0 saturated carbocycles. The fourth-order valence-electron chi connectivity index (χ4n) is 0.910. The van der Waals surface area contributed by atoms with Crippen molar-refractivity contribution in [3.8, 4) is 0 Å². The number of nitrogens with zero attached hydrogens (tertiary/aromatic N) is 1. The number of hydrogen-bond donors (Lipinski definition) is 1. The highest BCUT2D eigenvalue weighted by Crippen LogP contribution is 1.94. The third kappa shape index (κ3) is 9.88. The molecule has 0 aliphatic carbocycles. The summed E-state index contributed by atoms with van der Waals surface area (Å²) in [5.74, 6) is 0. The van der Waals surface area contributed by atoms with E-state index in [1.165, 1.54) is 0 Å². The molecule has 0 rings (SSSR count). The zero-order valence-corrected chi connectivity index (χ0v) is 8.55. The van der Waals surface area contributed by atoms with Crippen LogP contribution in [-0.4, -0.2) is 57.1 Å². The van der Waals surface area contributed by atoms with Gasteiger partial charge in [0.2, 0.25) is 0 Å². The molecule has 0 spiro atoms. The molecular weight excluding hydrogens is 154 g/mol. The maximum atomic E-state index is 8.47. The Labute approximate surface area is 75.5 Å². The molecule has 0 amide bonds. The zero-order chi connectivity index (χ0) is 9.45. The maximum Gasteiger partial charge on any atom is 0.0802 e. The summed E-state index contributed by atoms with van der Waals surface area (Å²) in [6.07, 6.45) is 1.85. The van der Waals surface area contributed by atoms with E-state index in [0.29, 0.717) is 6.61 Å². The molecule has 0 radical (unpaired) electrons. The second-order valence-corrected chi connectivity index (χ2v) is 4.06. The highest BCUT2D eigenvalue weighted by molar-refractivity contribution is 4.35. The van der Waals surface area contributed by atoms with Crippen LogP contribution in [0, 0.1) is 0 Å². The first-order valence-electron chi connectivity index (χ1n) is 4.55. The normalized spacial score (nSPS) is 12.0. The third-order valence-electron chi connectivity index (χ3n) is 1.56. The number of aliphatic hydroxyl groups is 1. The summed E-state index contributed by atoms with van der Waals surface area (Å²) in [6.45, 7) is 2.87. The molecule has 74 valence electrons. The van der Waals surface area contributed by atoms with Crippen molar-refractivity contribution in [2.24, 2.45) is 0 Å². The van der Waals surface area contributed by atoms with Gasteiger partial charge in [-0.05, 0) is 6.42 Å². The molecule has 0 bridgehead atoms. The largest absolute Gasteiger partial charge is 0.396 e. The number of quaternary nitrogens is 1. The molecule has 0 heterocycles. The van der Waals surface area contributed by atoms with E-state index in [1.807, 2.05) is 0 Å². The minimum absolute atomic E-state index is 0.231. The Morgan fingerprint density at radius 3 is 2.17 bits per heavy atom. The van der Waals surface area contributed by atoms with E-state index in [9.17, 15) is 0 Å². The molecule has 3 nitrogen and oxygen atoms in total. The second-order valence-electron chi connectivity index (χ2n) is 4.06. The van der Waals surface area contributed by atoms with E-state index in [0.717, 1.165) is 30.5 Å². The molecule has 3 heteroatoms. The summed E-state index contributed by atoms with van der Waals surface area (Å²) in [6, 6.07) is 0. The van der Waals surface area contributed by atoms with Gasteiger partial charge in [0.15, 0.2) is 0 Å².